The number of aromatic nitrogens is 3. The number of carbonyl (C=O) groups excluding carboxylic acids is 1. The Balaban J connectivity index is 1.82. The highest BCUT2D eigenvalue weighted by Gasteiger charge is 2.21. The summed E-state index contributed by atoms with van der Waals surface area (Å²) >= 11 is 6.94. The lowest BCUT2D eigenvalue weighted by Crippen LogP contribution is -2.22. The first-order valence-corrected chi connectivity index (χ1v) is 15.5. The molecule has 0 atom stereocenters. The van der Waals surface area contributed by atoms with Gasteiger partial charge in [0.25, 0.3) is 5.91 Å². The number of halogens is 2. The number of carbonyl (C=O) groups is 1. The van der Waals surface area contributed by atoms with Crippen LogP contribution in [0.5, 0.6) is 0 Å². The average Bonchev–Trinajstić information content (AvgIpc) is 3.20. The Morgan fingerprint density at radius 3 is 2.63 bits per heavy atom. The van der Waals surface area contributed by atoms with Gasteiger partial charge >= 0.3 is 0 Å². The number of hydrogen-bond donors (Lipinski definition) is 1. The van der Waals surface area contributed by atoms with Gasteiger partial charge in [0, 0.05) is 74.2 Å². The smallest absolute Gasteiger partial charge is 0.252 e. The third-order valence-corrected chi connectivity index (χ3v) is 7.85. The Morgan fingerprint density at radius 1 is 1.14 bits per heavy atom. The molecule has 1 N–H and O–H groups in total. The van der Waals surface area contributed by atoms with Crippen molar-refractivity contribution >= 4 is 36.6 Å². The number of benzene rings is 1. The third-order valence-electron chi connectivity index (χ3n) is 5.75. The van der Waals surface area contributed by atoms with Gasteiger partial charge in [-0.1, -0.05) is 49.4 Å². The maximum Gasteiger partial charge on any atom is 0.252 e. The molecule has 4 rings (SSSR count). The second-order valence-corrected chi connectivity index (χ2v) is 15.6. The zero-order valence-electron chi connectivity index (χ0n) is 20.2. The van der Waals surface area contributed by atoms with Crippen molar-refractivity contribution in [1.82, 2.24) is 19.9 Å². The fourth-order valence-electron chi connectivity index (χ4n) is 3.80. The molecule has 0 bridgehead atoms. The van der Waals surface area contributed by atoms with Crippen LogP contribution in [-0.4, -0.2) is 42.2 Å². The maximum absolute atomic E-state index is 14.8. The molecule has 0 aliphatic carbocycles. The summed E-state index contributed by atoms with van der Waals surface area (Å²) in [5.74, 6) is -0.603. The van der Waals surface area contributed by atoms with E-state index >= 15 is 0 Å². The number of fused-ring (bicyclic) bond motifs is 1. The Bertz CT molecular complexity index is 1380. The van der Waals surface area contributed by atoms with Crippen molar-refractivity contribution in [2.45, 2.75) is 32.4 Å². The van der Waals surface area contributed by atoms with E-state index in [0.29, 0.717) is 50.5 Å². The van der Waals surface area contributed by atoms with Crippen molar-refractivity contribution in [3.05, 3.63) is 71.5 Å². The van der Waals surface area contributed by atoms with Crippen LogP contribution in [0.25, 0.3) is 33.3 Å². The molecule has 4 aromatic rings. The van der Waals surface area contributed by atoms with Crippen LogP contribution in [0.2, 0.25) is 30.7 Å². The van der Waals surface area contributed by atoms with Gasteiger partial charge in [0.1, 0.15) is 18.2 Å². The molecule has 0 aliphatic rings. The number of ether oxygens (including phenoxy) is 1. The van der Waals surface area contributed by atoms with Gasteiger partial charge < -0.3 is 14.6 Å². The van der Waals surface area contributed by atoms with Crippen LogP contribution in [-0.2, 0) is 11.5 Å². The van der Waals surface area contributed by atoms with E-state index in [9.17, 15) is 9.18 Å². The van der Waals surface area contributed by atoms with E-state index < -0.39 is 8.07 Å². The van der Waals surface area contributed by atoms with E-state index in [1.807, 2.05) is 10.8 Å². The molecule has 0 aliphatic heterocycles. The fraction of sp³-hybridized carbons (Fsp3) is 0.269. The van der Waals surface area contributed by atoms with Crippen molar-refractivity contribution in [3.63, 3.8) is 0 Å². The molecule has 0 saturated heterocycles. The normalized spacial score (nSPS) is 11.7. The monoisotopic (exact) mass is 510 g/mol. The summed E-state index contributed by atoms with van der Waals surface area (Å²) in [5, 5.41) is 3.62. The highest BCUT2D eigenvalue weighted by Crippen LogP contribution is 2.40. The first-order chi connectivity index (χ1) is 16.7. The molecule has 3 heterocycles. The topological polar surface area (TPSA) is 69.0 Å². The predicted octanol–water partition coefficient (Wildman–Crippen LogP) is 6.23. The van der Waals surface area contributed by atoms with Crippen LogP contribution in [0, 0.1) is 5.82 Å². The molecule has 3 aromatic heterocycles. The van der Waals surface area contributed by atoms with Gasteiger partial charge in [-0.3, -0.25) is 9.78 Å². The maximum atomic E-state index is 14.8. The van der Waals surface area contributed by atoms with Crippen molar-refractivity contribution in [2.24, 2.45) is 0 Å². The van der Waals surface area contributed by atoms with Gasteiger partial charge in [-0.25, -0.2) is 9.37 Å². The molecule has 35 heavy (non-hydrogen) atoms. The van der Waals surface area contributed by atoms with Gasteiger partial charge in [0.15, 0.2) is 0 Å². The van der Waals surface area contributed by atoms with Gasteiger partial charge in [-0.05, 0) is 18.2 Å². The molecule has 9 heteroatoms. The fourth-order valence-corrected chi connectivity index (χ4v) is 4.90. The summed E-state index contributed by atoms with van der Waals surface area (Å²) in [5.41, 5.74) is 3.30. The van der Waals surface area contributed by atoms with E-state index in [0.717, 1.165) is 6.04 Å². The van der Waals surface area contributed by atoms with Gasteiger partial charge in [0.05, 0.1) is 10.6 Å². The molecule has 0 fully saturated rings. The van der Waals surface area contributed by atoms with Crippen LogP contribution in [0.3, 0.4) is 0 Å². The standard InChI is InChI=1S/C26H28ClFN4O2Si/c1-29-26(33)18-11-17(12-30-13-18)20-14-31-25-23(24(20)27)21(19-7-5-6-8-22(19)28)15-32(25)16-34-9-10-35(2,3)4/h5-8,11-15H,9-10,16H2,1-4H3,(H,29,33). The van der Waals surface area contributed by atoms with Crippen LogP contribution in [0.15, 0.2) is 55.1 Å². The van der Waals surface area contributed by atoms with Crippen LogP contribution < -0.4 is 5.32 Å². The molecule has 182 valence electrons. The molecule has 1 amide bonds. The Hall–Kier alpha value is -3.07. The summed E-state index contributed by atoms with van der Waals surface area (Å²) in [6.45, 7) is 7.83. The van der Waals surface area contributed by atoms with Gasteiger partial charge in [0.2, 0.25) is 0 Å². The number of hydrogen-bond acceptors (Lipinski definition) is 4. The van der Waals surface area contributed by atoms with E-state index in [2.05, 4.69) is 34.9 Å². The van der Waals surface area contributed by atoms with Crippen LogP contribution >= 0.6 is 11.6 Å². The van der Waals surface area contributed by atoms with E-state index in [4.69, 9.17) is 16.3 Å². The second-order valence-electron chi connectivity index (χ2n) is 9.57. The summed E-state index contributed by atoms with van der Waals surface area (Å²) in [4.78, 5) is 21.0. The molecule has 0 spiro atoms. The Kier molecular flexibility index (Phi) is 7.35. The van der Waals surface area contributed by atoms with E-state index in [1.54, 1.807) is 43.7 Å². The van der Waals surface area contributed by atoms with Gasteiger partial charge in [-0.15, -0.1) is 0 Å². The summed E-state index contributed by atoms with van der Waals surface area (Å²) < 4.78 is 22.6. The first-order valence-electron chi connectivity index (χ1n) is 11.4. The minimum Gasteiger partial charge on any atom is -0.361 e. The zero-order valence-corrected chi connectivity index (χ0v) is 22.0. The third kappa shape index (κ3) is 5.45. The average molecular weight is 511 g/mol. The minimum absolute atomic E-state index is 0.252. The lowest BCUT2D eigenvalue weighted by molar-refractivity contribution is 0.0899. The Labute approximate surface area is 210 Å². The van der Waals surface area contributed by atoms with Crippen LogP contribution in [0.1, 0.15) is 10.4 Å². The number of amides is 1. The largest absolute Gasteiger partial charge is 0.361 e. The first kappa shape index (κ1) is 25.0. The van der Waals surface area contributed by atoms with E-state index in [-0.39, 0.29) is 18.5 Å². The quantitative estimate of drug-likeness (QED) is 0.225. The molecule has 0 radical (unpaired) electrons. The van der Waals surface area contributed by atoms with Crippen molar-refractivity contribution in [2.75, 3.05) is 13.7 Å². The van der Waals surface area contributed by atoms with Crippen molar-refractivity contribution < 1.29 is 13.9 Å². The summed E-state index contributed by atoms with van der Waals surface area (Å²) in [6, 6.07) is 9.33. The second kappa shape index (κ2) is 10.3. The highest BCUT2D eigenvalue weighted by molar-refractivity contribution is 6.76. The lowest BCUT2D eigenvalue weighted by Gasteiger charge is -2.15. The highest BCUT2D eigenvalue weighted by atomic mass is 35.5. The zero-order chi connectivity index (χ0) is 25.2. The molecule has 0 unspecified atom stereocenters. The Morgan fingerprint density at radius 2 is 1.91 bits per heavy atom. The molecule has 6 nitrogen and oxygen atoms in total. The molecule has 0 saturated carbocycles. The van der Waals surface area contributed by atoms with Crippen molar-refractivity contribution in [3.8, 4) is 22.3 Å². The molecular formula is C26H28ClFN4O2Si. The van der Waals surface area contributed by atoms with Gasteiger partial charge in [-0.2, -0.15) is 0 Å². The van der Waals surface area contributed by atoms with Crippen molar-refractivity contribution in [1.29, 1.82) is 0 Å². The van der Waals surface area contributed by atoms with E-state index in [1.165, 1.54) is 12.3 Å². The summed E-state index contributed by atoms with van der Waals surface area (Å²) in [7, 11) is 0.332. The molecule has 1 aromatic carbocycles. The lowest BCUT2D eigenvalue weighted by atomic mass is 10.0. The number of nitrogens with zero attached hydrogens (tertiary/aromatic N) is 3. The number of rotatable bonds is 8. The predicted molar refractivity (Wildman–Crippen MR) is 141 cm³/mol. The minimum atomic E-state index is -1.23. The summed E-state index contributed by atoms with van der Waals surface area (Å²) in [6.07, 6.45) is 6.60. The number of pyridine rings is 2. The molecular weight excluding hydrogens is 483 g/mol. The SMILES string of the molecule is CNC(=O)c1cncc(-c2cnc3c(c(-c4ccccc4F)cn3COCC[Si](C)(C)C)c2Cl)c1. The number of nitrogens with one attached hydrogen (secondary N) is 1. The van der Waals surface area contributed by atoms with Crippen LogP contribution in [0.4, 0.5) is 4.39 Å².